The highest BCUT2D eigenvalue weighted by Crippen LogP contribution is 2.52. The Labute approximate surface area is 112 Å². The molecule has 2 bridgehead atoms. The van der Waals surface area contributed by atoms with Crippen LogP contribution in [0.5, 0.6) is 0 Å². The van der Waals surface area contributed by atoms with Gasteiger partial charge in [-0.25, -0.2) is 4.79 Å². The van der Waals surface area contributed by atoms with Crippen molar-refractivity contribution in [2.75, 3.05) is 5.33 Å². The Balaban J connectivity index is 1.78. The third-order valence-corrected chi connectivity index (χ3v) is 4.32. The minimum atomic E-state index is -0.561. The van der Waals surface area contributed by atoms with E-state index < -0.39 is 5.97 Å². The van der Waals surface area contributed by atoms with Crippen molar-refractivity contribution >= 4 is 33.7 Å². The van der Waals surface area contributed by atoms with Crippen LogP contribution in [0.2, 0.25) is 0 Å². The number of amides is 2. The number of alkyl halides is 1. The van der Waals surface area contributed by atoms with Gasteiger partial charge in [0.2, 0.25) is 0 Å². The predicted octanol–water partition coefficient (Wildman–Crippen LogP) is 1.04. The highest BCUT2D eigenvalue weighted by Gasteiger charge is 2.60. The molecule has 18 heavy (non-hydrogen) atoms. The number of nitrogens with zero attached hydrogens (tertiary/aromatic N) is 1. The molecule has 1 heterocycles. The van der Waals surface area contributed by atoms with Gasteiger partial charge in [-0.05, 0) is 18.3 Å². The van der Waals surface area contributed by atoms with Crippen molar-refractivity contribution in [3.63, 3.8) is 0 Å². The molecule has 2 aliphatic carbocycles. The standard InChI is InChI=1S/C12H12BrNO4/c13-4-3-8(15)18-14-11(16)9-6-1-2-7(5-6)10(9)12(14)17/h1-2,6-7,9-10H,3-5H2. The highest BCUT2D eigenvalue weighted by molar-refractivity contribution is 9.09. The van der Waals surface area contributed by atoms with Crippen LogP contribution in [0.4, 0.5) is 0 Å². The molecule has 0 radical (unpaired) electrons. The maximum Gasteiger partial charge on any atom is 0.334 e. The van der Waals surface area contributed by atoms with Crippen molar-refractivity contribution in [1.82, 2.24) is 5.06 Å². The molecule has 0 N–H and O–H groups in total. The van der Waals surface area contributed by atoms with E-state index in [1.54, 1.807) is 0 Å². The summed E-state index contributed by atoms with van der Waals surface area (Å²) in [5, 5.41) is 1.13. The Hall–Kier alpha value is -1.17. The first-order valence-corrected chi connectivity index (χ1v) is 7.08. The molecule has 1 aliphatic heterocycles. The molecular weight excluding hydrogens is 302 g/mol. The number of hydrogen-bond donors (Lipinski definition) is 0. The van der Waals surface area contributed by atoms with Crippen LogP contribution in [0.25, 0.3) is 0 Å². The summed E-state index contributed by atoms with van der Waals surface area (Å²) in [6.07, 6.45) is 5.01. The summed E-state index contributed by atoms with van der Waals surface area (Å²) in [4.78, 5) is 40.5. The lowest BCUT2D eigenvalue weighted by molar-refractivity contribution is -0.199. The van der Waals surface area contributed by atoms with Crippen molar-refractivity contribution in [3.8, 4) is 0 Å². The van der Waals surface area contributed by atoms with Crippen molar-refractivity contribution in [2.45, 2.75) is 12.8 Å². The van der Waals surface area contributed by atoms with Gasteiger partial charge < -0.3 is 4.84 Å². The fourth-order valence-corrected chi connectivity index (χ4v) is 3.51. The average Bonchev–Trinajstić information content (AvgIpc) is 2.99. The molecule has 6 heteroatoms. The van der Waals surface area contributed by atoms with Gasteiger partial charge in [-0.15, -0.1) is 5.06 Å². The van der Waals surface area contributed by atoms with Gasteiger partial charge >= 0.3 is 5.97 Å². The number of hydrogen-bond acceptors (Lipinski definition) is 4. The number of hydroxylamine groups is 2. The van der Waals surface area contributed by atoms with Gasteiger partial charge in [0.15, 0.2) is 0 Å². The predicted molar refractivity (Wildman–Crippen MR) is 64.1 cm³/mol. The van der Waals surface area contributed by atoms with Crippen LogP contribution in [-0.4, -0.2) is 28.2 Å². The van der Waals surface area contributed by atoms with E-state index in [-0.39, 0.29) is 41.9 Å². The molecule has 4 atom stereocenters. The van der Waals surface area contributed by atoms with Crippen LogP contribution in [0.1, 0.15) is 12.8 Å². The Morgan fingerprint density at radius 3 is 2.33 bits per heavy atom. The smallest absolute Gasteiger partial charge is 0.330 e. The van der Waals surface area contributed by atoms with Gasteiger partial charge in [0.25, 0.3) is 11.8 Å². The molecule has 96 valence electrons. The van der Waals surface area contributed by atoms with E-state index in [4.69, 9.17) is 4.84 Å². The maximum atomic E-state index is 12.1. The van der Waals surface area contributed by atoms with E-state index in [0.29, 0.717) is 10.4 Å². The number of imide groups is 1. The summed E-state index contributed by atoms with van der Waals surface area (Å²) in [5.41, 5.74) is 0. The summed E-state index contributed by atoms with van der Waals surface area (Å²) >= 11 is 3.11. The van der Waals surface area contributed by atoms with E-state index in [9.17, 15) is 14.4 Å². The Morgan fingerprint density at radius 1 is 1.28 bits per heavy atom. The average molecular weight is 314 g/mol. The first-order chi connectivity index (χ1) is 8.63. The molecule has 0 aromatic rings. The first kappa shape index (κ1) is 11.9. The molecular formula is C12H12BrNO4. The number of rotatable bonds is 3. The third kappa shape index (κ3) is 1.55. The van der Waals surface area contributed by atoms with E-state index in [0.717, 1.165) is 6.42 Å². The van der Waals surface area contributed by atoms with Gasteiger partial charge in [0.05, 0.1) is 18.3 Å². The Kier molecular flexibility index (Phi) is 2.77. The number of carbonyl (C=O) groups is 3. The molecule has 1 saturated heterocycles. The van der Waals surface area contributed by atoms with E-state index in [2.05, 4.69) is 15.9 Å². The maximum absolute atomic E-state index is 12.1. The van der Waals surface area contributed by atoms with Crippen molar-refractivity contribution < 1.29 is 19.2 Å². The zero-order valence-electron chi connectivity index (χ0n) is 9.54. The number of fused-ring (bicyclic) bond motifs is 5. The van der Waals surface area contributed by atoms with Crippen LogP contribution in [-0.2, 0) is 19.2 Å². The van der Waals surface area contributed by atoms with Crippen LogP contribution in [0.15, 0.2) is 12.2 Å². The van der Waals surface area contributed by atoms with Crippen molar-refractivity contribution in [3.05, 3.63) is 12.2 Å². The molecule has 0 aromatic carbocycles. The SMILES string of the molecule is O=C(CCBr)ON1C(=O)C2C3C=CC(C3)C2C1=O. The normalized spacial score (nSPS) is 36.4. The van der Waals surface area contributed by atoms with Crippen LogP contribution in [0.3, 0.4) is 0 Å². The van der Waals surface area contributed by atoms with Crippen LogP contribution >= 0.6 is 15.9 Å². The lowest BCUT2D eigenvalue weighted by Gasteiger charge is -2.15. The van der Waals surface area contributed by atoms with Gasteiger partial charge in [-0.1, -0.05) is 28.1 Å². The quantitative estimate of drug-likeness (QED) is 0.443. The zero-order chi connectivity index (χ0) is 12.9. The largest absolute Gasteiger partial charge is 0.334 e. The first-order valence-electron chi connectivity index (χ1n) is 5.96. The second-order valence-corrected chi connectivity index (χ2v) is 5.67. The molecule has 1 saturated carbocycles. The van der Waals surface area contributed by atoms with Gasteiger partial charge in [-0.3, -0.25) is 9.59 Å². The molecule has 2 fully saturated rings. The Morgan fingerprint density at radius 2 is 1.83 bits per heavy atom. The minimum Gasteiger partial charge on any atom is -0.330 e. The fraction of sp³-hybridized carbons (Fsp3) is 0.583. The molecule has 3 rings (SSSR count). The number of halogens is 1. The molecule has 0 aromatic heterocycles. The van der Waals surface area contributed by atoms with Crippen molar-refractivity contribution in [2.24, 2.45) is 23.7 Å². The molecule has 0 spiro atoms. The van der Waals surface area contributed by atoms with Gasteiger partial charge in [0, 0.05) is 5.33 Å². The van der Waals surface area contributed by atoms with Crippen LogP contribution in [0, 0.1) is 23.7 Å². The van der Waals surface area contributed by atoms with Crippen molar-refractivity contribution in [1.29, 1.82) is 0 Å². The molecule has 3 aliphatic rings. The number of carbonyl (C=O) groups excluding carboxylic acids is 3. The van der Waals surface area contributed by atoms with Gasteiger partial charge in [-0.2, -0.15) is 0 Å². The lowest BCUT2D eigenvalue weighted by Crippen LogP contribution is -2.35. The summed E-state index contributed by atoms with van der Waals surface area (Å²) in [6.45, 7) is 0. The monoisotopic (exact) mass is 313 g/mol. The molecule has 5 nitrogen and oxygen atoms in total. The Bertz CT molecular complexity index is 431. The third-order valence-electron chi connectivity index (χ3n) is 3.92. The van der Waals surface area contributed by atoms with E-state index in [1.165, 1.54) is 0 Å². The lowest BCUT2D eigenvalue weighted by atomic mass is 9.85. The van der Waals surface area contributed by atoms with Crippen LogP contribution < -0.4 is 0 Å². The topological polar surface area (TPSA) is 63.7 Å². The molecule has 4 unspecified atom stereocenters. The highest BCUT2D eigenvalue weighted by atomic mass is 79.9. The summed E-state index contributed by atoms with van der Waals surface area (Å²) in [7, 11) is 0. The van der Waals surface area contributed by atoms with E-state index in [1.807, 2.05) is 12.2 Å². The van der Waals surface area contributed by atoms with Gasteiger partial charge in [0.1, 0.15) is 0 Å². The summed E-state index contributed by atoms with van der Waals surface area (Å²) in [5.74, 6) is -1.63. The fourth-order valence-electron chi connectivity index (χ4n) is 3.19. The number of allylic oxidation sites excluding steroid dienone is 2. The second kappa shape index (κ2) is 4.19. The van der Waals surface area contributed by atoms with E-state index >= 15 is 0 Å². The zero-order valence-corrected chi connectivity index (χ0v) is 11.1. The molecule has 2 amide bonds. The second-order valence-electron chi connectivity index (χ2n) is 4.87. The minimum absolute atomic E-state index is 0.135. The summed E-state index contributed by atoms with van der Waals surface area (Å²) in [6, 6.07) is 0. The summed E-state index contributed by atoms with van der Waals surface area (Å²) < 4.78 is 0.